The van der Waals surface area contributed by atoms with Gasteiger partial charge in [-0.05, 0) is 44.9 Å². The first kappa shape index (κ1) is 17.4. The van der Waals surface area contributed by atoms with Crippen LogP contribution in [0.1, 0.15) is 54.4 Å². The lowest BCUT2D eigenvalue weighted by Crippen LogP contribution is -2.54. The molecule has 0 aliphatic heterocycles. The molecule has 118 valence electrons. The zero-order valence-corrected chi connectivity index (χ0v) is 14.0. The third kappa shape index (κ3) is 3.17. The Labute approximate surface area is 122 Å². The van der Waals surface area contributed by atoms with Gasteiger partial charge in [0.2, 0.25) is 10.0 Å². The van der Waals surface area contributed by atoms with Crippen LogP contribution >= 0.6 is 0 Å². The zero-order valence-electron chi connectivity index (χ0n) is 13.2. The van der Waals surface area contributed by atoms with Crippen LogP contribution in [0, 0.1) is 17.3 Å². The fraction of sp³-hybridized carbons (Fsp3) is 0.929. The van der Waals surface area contributed by atoms with E-state index in [9.17, 15) is 18.3 Å². The standard InChI is InChI=1S/C14H27NO4S/c1-9-11(15-20(18,19)13(2,3)4)8-7-10(12(16)17)14(9,5)6/h9-11,15H,7-8H2,1-6H3,(H,16,17). The van der Waals surface area contributed by atoms with Gasteiger partial charge in [-0.3, -0.25) is 4.79 Å². The van der Waals surface area contributed by atoms with Gasteiger partial charge in [-0.2, -0.15) is 0 Å². The van der Waals surface area contributed by atoms with E-state index in [0.717, 1.165) is 0 Å². The number of carboxylic acids is 1. The molecule has 2 N–H and O–H groups in total. The molecule has 5 nitrogen and oxygen atoms in total. The number of hydrogen-bond donors (Lipinski definition) is 2. The smallest absolute Gasteiger partial charge is 0.307 e. The number of carbonyl (C=O) groups is 1. The molecule has 3 unspecified atom stereocenters. The Bertz CT molecular complexity index is 476. The molecule has 0 spiro atoms. The fourth-order valence-electron chi connectivity index (χ4n) is 2.78. The number of hydrogen-bond acceptors (Lipinski definition) is 3. The average Bonchev–Trinajstić information content (AvgIpc) is 2.22. The second-order valence-electron chi connectivity index (χ2n) is 7.42. The molecule has 0 aromatic rings. The molecule has 0 bridgehead atoms. The van der Waals surface area contributed by atoms with Gasteiger partial charge in [-0.25, -0.2) is 13.1 Å². The van der Waals surface area contributed by atoms with Crippen molar-refractivity contribution >= 4 is 16.0 Å². The minimum absolute atomic E-state index is 0.0329. The second kappa shape index (κ2) is 5.30. The van der Waals surface area contributed by atoms with Crippen molar-refractivity contribution in [3.8, 4) is 0 Å². The number of sulfonamides is 1. The van der Waals surface area contributed by atoms with E-state index in [-0.39, 0.29) is 12.0 Å². The monoisotopic (exact) mass is 305 g/mol. The molecule has 3 atom stereocenters. The highest BCUT2D eigenvalue weighted by molar-refractivity contribution is 7.90. The predicted octanol–water partition coefficient (Wildman–Crippen LogP) is 2.23. The highest BCUT2D eigenvalue weighted by atomic mass is 32.2. The van der Waals surface area contributed by atoms with Crippen LogP contribution in [-0.4, -0.2) is 30.3 Å². The van der Waals surface area contributed by atoms with Gasteiger partial charge in [0.05, 0.1) is 10.7 Å². The van der Waals surface area contributed by atoms with Gasteiger partial charge in [-0.15, -0.1) is 0 Å². The lowest BCUT2D eigenvalue weighted by molar-refractivity contribution is -0.150. The van der Waals surface area contributed by atoms with E-state index < -0.39 is 32.1 Å². The Morgan fingerprint density at radius 3 is 2.15 bits per heavy atom. The summed E-state index contributed by atoms with van der Waals surface area (Å²) in [6, 6.07) is -0.204. The van der Waals surface area contributed by atoms with Crippen molar-refractivity contribution in [2.75, 3.05) is 0 Å². The van der Waals surface area contributed by atoms with Crippen LogP contribution in [0.3, 0.4) is 0 Å². The first-order chi connectivity index (χ1) is 8.80. The van der Waals surface area contributed by atoms with Crippen LogP contribution in [0.25, 0.3) is 0 Å². The maximum atomic E-state index is 12.3. The molecule has 1 rings (SSSR count). The van der Waals surface area contributed by atoms with Gasteiger partial charge >= 0.3 is 5.97 Å². The van der Waals surface area contributed by atoms with E-state index in [4.69, 9.17) is 0 Å². The van der Waals surface area contributed by atoms with Crippen LogP contribution < -0.4 is 4.72 Å². The fourth-order valence-corrected chi connectivity index (χ4v) is 3.86. The Morgan fingerprint density at radius 2 is 1.75 bits per heavy atom. The summed E-state index contributed by atoms with van der Waals surface area (Å²) >= 11 is 0. The molecule has 20 heavy (non-hydrogen) atoms. The van der Waals surface area contributed by atoms with Gasteiger partial charge in [0.15, 0.2) is 0 Å². The van der Waals surface area contributed by atoms with Crippen molar-refractivity contribution in [1.29, 1.82) is 0 Å². The van der Waals surface area contributed by atoms with Crippen molar-refractivity contribution in [1.82, 2.24) is 4.72 Å². The molecule has 6 heteroatoms. The van der Waals surface area contributed by atoms with Crippen LogP contribution in [0.5, 0.6) is 0 Å². The Kier molecular flexibility index (Phi) is 4.62. The molecule has 0 radical (unpaired) electrons. The first-order valence-corrected chi connectivity index (χ1v) is 8.53. The number of carboxylic acid groups (broad SMARTS) is 1. The average molecular weight is 305 g/mol. The molecule has 0 heterocycles. The summed E-state index contributed by atoms with van der Waals surface area (Å²) in [7, 11) is -3.42. The maximum Gasteiger partial charge on any atom is 0.307 e. The minimum atomic E-state index is -3.42. The number of nitrogens with one attached hydrogen (secondary N) is 1. The third-order valence-electron chi connectivity index (χ3n) is 4.85. The first-order valence-electron chi connectivity index (χ1n) is 7.05. The van der Waals surface area contributed by atoms with E-state index in [2.05, 4.69) is 4.72 Å². The summed E-state index contributed by atoms with van der Waals surface area (Å²) in [5, 5.41) is 9.30. The lowest BCUT2D eigenvalue weighted by atomic mass is 9.61. The van der Waals surface area contributed by atoms with Crippen LogP contribution in [0.4, 0.5) is 0 Å². The van der Waals surface area contributed by atoms with E-state index in [1.54, 1.807) is 20.8 Å². The largest absolute Gasteiger partial charge is 0.481 e. The van der Waals surface area contributed by atoms with E-state index in [1.165, 1.54) is 0 Å². The Hall–Kier alpha value is -0.620. The normalized spacial score (nSPS) is 31.0. The highest BCUT2D eigenvalue weighted by Crippen LogP contribution is 2.45. The quantitative estimate of drug-likeness (QED) is 0.837. The summed E-state index contributed by atoms with van der Waals surface area (Å²) in [5.74, 6) is -1.25. The summed E-state index contributed by atoms with van der Waals surface area (Å²) < 4.78 is 26.4. The van der Waals surface area contributed by atoms with E-state index >= 15 is 0 Å². The summed E-state index contributed by atoms with van der Waals surface area (Å²) in [6.07, 6.45) is 1.07. The van der Waals surface area contributed by atoms with Crippen molar-refractivity contribution in [2.24, 2.45) is 17.3 Å². The predicted molar refractivity (Wildman–Crippen MR) is 78.9 cm³/mol. The van der Waals surface area contributed by atoms with Crippen molar-refractivity contribution in [3.63, 3.8) is 0 Å². The van der Waals surface area contributed by atoms with Gasteiger partial charge < -0.3 is 5.11 Å². The molecule has 1 saturated carbocycles. The lowest BCUT2D eigenvalue weighted by Gasteiger charge is -2.46. The molecular formula is C14H27NO4S. The van der Waals surface area contributed by atoms with Gasteiger partial charge in [-0.1, -0.05) is 20.8 Å². The SMILES string of the molecule is CC1C(NS(=O)(=O)C(C)(C)C)CCC(C(=O)O)C1(C)C. The minimum Gasteiger partial charge on any atom is -0.481 e. The van der Waals surface area contributed by atoms with Gasteiger partial charge in [0.25, 0.3) is 0 Å². The van der Waals surface area contributed by atoms with Crippen molar-refractivity contribution in [2.45, 2.75) is 65.2 Å². The van der Waals surface area contributed by atoms with Gasteiger partial charge in [0, 0.05) is 6.04 Å². The molecule has 0 aromatic carbocycles. The zero-order chi connectivity index (χ0) is 15.9. The Morgan fingerprint density at radius 1 is 1.25 bits per heavy atom. The van der Waals surface area contributed by atoms with Crippen LogP contribution in [-0.2, 0) is 14.8 Å². The van der Waals surface area contributed by atoms with Crippen molar-refractivity contribution in [3.05, 3.63) is 0 Å². The number of rotatable bonds is 3. The number of aliphatic carboxylic acids is 1. The molecule has 1 aliphatic rings. The molecule has 0 saturated heterocycles. The maximum absolute atomic E-state index is 12.3. The van der Waals surface area contributed by atoms with Crippen molar-refractivity contribution < 1.29 is 18.3 Å². The molecule has 1 fully saturated rings. The second-order valence-corrected chi connectivity index (χ2v) is 9.89. The van der Waals surface area contributed by atoms with Crippen LogP contribution in [0.2, 0.25) is 0 Å². The Balaban J connectivity index is 2.95. The molecular weight excluding hydrogens is 278 g/mol. The highest BCUT2D eigenvalue weighted by Gasteiger charge is 2.47. The third-order valence-corrected chi connectivity index (χ3v) is 7.08. The van der Waals surface area contributed by atoms with E-state index in [1.807, 2.05) is 20.8 Å². The van der Waals surface area contributed by atoms with E-state index in [0.29, 0.717) is 12.8 Å². The topological polar surface area (TPSA) is 83.5 Å². The summed E-state index contributed by atoms with van der Waals surface area (Å²) in [4.78, 5) is 11.3. The van der Waals surface area contributed by atoms with Crippen LogP contribution in [0.15, 0.2) is 0 Å². The molecule has 0 amide bonds. The summed E-state index contributed by atoms with van der Waals surface area (Å²) in [6.45, 7) is 10.7. The van der Waals surface area contributed by atoms with Gasteiger partial charge in [0.1, 0.15) is 0 Å². The molecule has 0 aromatic heterocycles. The summed E-state index contributed by atoms with van der Waals surface area (Å²) in [5.41, 5.74) is -0.435. The molecule has 1 aliphatic carbocycles.